The van der Waals surface area contributed by atoms with Crippen LogP contribution in [0.3, 0.4) is 0 Å². The highest BCUT2D eigenvalue weighted by Crippen LogP contribution is 2.34. The number of nitrogens with zero attached hydrogens (tertiary/aromatic N) is 1. The van der Waals surface area contributed by atoms with E-state index in [1.807, 2.05) is 6.92 Å². The number of ether oxygens (including phenoxy) is 2. The van der Waals surface area contributed by atoms with E-state index in [-0.39, 0.29) is 10.6 Å². The summed E-state index contributed by atoms with van der Waals surface area (Å²) in [6.45, 7) is 1.83. The molecule has 9 heteroatoms. The highest BCUT2D eigenvalue weighted by Gasteiger charge is 2.31. The molecular weight excluding hydrogens is 527 g/mol. The van der Waals surface area contributed by atoms with Crippen molar-refractivity contribution in [2.24, 2.45) is 0 Å². The normalized spacial score (nSPS) is 11.5. The highest BCUT2D eigenvalue weighted by molar-refractivity contribution is 7.93. The van der Waals surface area contributed by atoms with E-state index in [1.165, 1.54) is 32.6 Å². The number of methoxy groups -OCH3 is 2. The van der Waals surface area contributed by atoms with E-state index >= 15 is 0 Å². The summed E-state index contributed by atoms with van der Waals surface area (Å²) in [6.07, 6.45) is -3.15. The summed E-state index contributed by atoms with van der Waals surface area (Å²) in [5.74, 6) is 1.22. The number of hydrogen-bond acceptors (Lipinski definition) is 4. The van der Waals surface area contributed by atoms with Crippen LogP contribution in [0.2, 0.25) is 0 Å². The molecule has 0 heterocycles. The van der Waals surface area contributed by atoms with Gasteiger partial charge in [0.25, 0.3) is 10.0 Å². The van der Waals surface area contributed by atoms with Gasteiger partial charge in [-0.3, -0.25) is 0 Å². The first-order valence-electron chi connectivity index (χ1n) is 11.8. The van der Waals surface area contributed by atoms with Crippen molar-refractivity contribution < 1.29 is 31.1 Å². The minimum absolute atomic E-state index is 0.00643. The predicted molar refractivity (Wildman–Crippen MR) is 145 cm³/mol. The van der Waals surface area contributed by atoms with Crippen molar-refractivity contribution in [2.75, 3.05) is 18.5 Å². The van der Waals surface area contributed by atoms with E-state index in [0.717, 1.165) is 34.1 Å². The summed E-state index contributed by atoms with van der Waals surface area (Å²) in [4.78, 5) is -0.00643. The van der Waals surface area contributed by atoms with Crippen molar-refractivity contribution in [1.29, 1.82) is 0 Å². The molecular formula is C30H26F3NO4S. The van der Waals surface area contributed by atoms with Gasteiger partial charge in [0.05, 0.1) is 30.4 Å². The molecule has 0 fully saturated rings. The summed E-state index contributed by atoms with van der Waals surface area (Å²) in [6, 6.07) is 24.3. The third-order valence-electron chi connectivity index (χ3n) is 6.08. The summed E-state index contributed by atoms with van der Waals surface area (Å²) < 4.78 is 79.2. The highest BCUT2D eigenvalue weighted by atomic mass is 32.2. The Labute approximate surface area is 225 Å². The number of benzene rings is 4. The topological polar surface area (TPSA) is 55.8 Å². The van der Waals surface area contributed by atoms with E-state index in [1.54, 1.807) is 60.7 Å². The van der Waals surface area contributed by atoms with Gasteiger partial charge in [-0.25, -0.2) is 12.7 Å². The van der Waals surface area contributed by atoms with E-state index < -0.39 is 21.8 Å². The van der Waals surface area contributed by atoms with Crippen molar-refractivity contribution in [3.63, 3.8) is 0 Å². The van der Waals surface area contributed by atoms with Gasteiger partial charge in [-0.15, -0.1) is 0 Å². The minimum Gasteiger partial charge on any atom is -0.497 e. The second-order valence-electron chi connectivity index (χ2n) is 8.66. The molecule has 0 bridgehead atoms. The summed E-state index contributed by atoms with van der Waals surface area (Å²) >= 11 is 0. The number of halogens is 3. The van der Waals surface area contributed by atoms with Crippen LogP contribution >= 0.6 is 0 Å². The lowest BCUT2D eigenvalue weighted by molar-refractivity contribution is -0.137. The maximum atomic E-state index is 13.9. The number of anilines is 1. The smallest absolute Gasteiger partial charge is 0.416 e. The van der Waals surface area contributed by atoms with Crippen LogP contribution in [0.4, 0.5) is 18.9 Å². The van der Waals surface area contributed by atoms with Gasteiger partial charge in [-0.1, -0.05) is 42.0 Å². The number of rotatable bonds is 8. The fourth-order valence-corrected chi connectivity index (χ4v) is 5.23. The number of aryl methyl sites for hydroxylation is 1. The van der Waals surface area contributed by atoms with E-state index in [4.69, 9.17) is 9.47 Å². The van der Waals surface area contributed by atoms with Gasteiger partial charge in [-0.05, 0) is 78.7 Å². The molecule has 4 rings (SSSR count). The molecule has 0 aliphatic rings. The third-order valence-corrected chi connectivity index (χ3v) is 7.78. The van der Waals surface area contributed by atoms with Gasteiger partial charge in [0, 0.05) is 11.8 Å². The fraction of sp³-hybridized carbons (Fsp3) is 0.133. The zero-order valence-electron chi connectivity index (χ0n) is 21.4. The van der Waals surface area contributed by atoms with Crippen LogP contribution in [0, 0.1) is 6.92 Å². The van der Waals surface area contributed by atoms with Crippen LogP contribution in [0.5, 0.6) is 11.5 Å². The lowest BCUT2D eigenvalue weighted by Gasteiger charge is -2.23. The zero-order chi connectivity index (χ0) is 28.2. The Hall–Kier alpha value is -4.24. The fourth-order valence-electron chi connectivity index (χ4n) is 3.88. The molecule has 0 aliphatic heterocycles. The second kappa shape index (κ2) is 11.2. The molecule has 4 aromatic carbocycles. The molecule has 202 valence electrons. The maximum Gasteiger partial charge on any atom is 0.416 e. The molecule has 0 unspecified atom stereocenters. The van der Waals surface area contributed by atoms with Crippen LogP contribution < -0.4 is 13.8 Å². The van der Waals surface area contributed by atoms with Crippen LogP contribution in [0.15, 0.2) is 108 Å². The number of hydrogen-bond donors (Lipinski definition) is 0. The first-order chi connectivity index (χ1) is 18.5. The molecule has 0 amide bonds. The molecule has 0 N–H and O–H groups in total. The molecule has 0 spiro atoms. The average molecular weight is 554 g/mol. The van der Waals surface area contributed by atoms with E-state index in [2.05, 4.69) is 0 Å². The molecule has 0 aliphatic carbocycles. The van der Waals surface area contributed by atoms with Crippen molar-refractivity contribution in [1.82, 2.24) is 0 Å². The Balaban J connectivity index is 1.95. The Morgan fingerprint density at radius 3 is 1.59 bits per heavy atom. The van der Waals surface area contributed by atoms with Crippen LogP contribution in [-0.2, 0) is 16.2 Å². The Morgan fingerprint density at radius 1 is 0.718 bits per heavy atom. The third kappa shape index (κ3) is 6.26. The van der Waals surface area contributed by atoms with Gasteiger partial charge in [0.1, 0.15) is 11.5 Å². The maximum absolute atomic E-state index is 13.9. The molecule has 0 atom stereocenters. The van der Waals surface area contributed by atoms with Gasteiger partial charge in [0.15, 0.2) is 0 Å². The van der Waals surface area contributed by atoms with Gasteiger partial charge in [-0.2, -0.15) is 13.2 Å². The van der Waals surface area contributed by atoms with Gasteiger partial charge in [0.2, 0.25) is 0 Å². The SMILES string of the molecule is COc1ccc(C(=CN(c2ccc(C(F)(F)F)cc2)S(=O)(=O)c2ccc(C)cc2)c2ccc(OC)cc2)cc1. The Kier molecular flexibility index (Phi) is 8.01. The molecule has 4 aromatic rings. The van der Waals surface area contributed by atoms with Crippen LogP contribution in [0.1, 0.15) is 22.3 Å². The molecule has 39 heavy (non-hydrogen) atoms. The van der Waals surface area contributed by atoms with Gasteiger partial charge >= 0.3 is 6.18 Å². The first-order valence-corrected chi connectivity index (χ1v) is 13.3. The first kappa shape index (κ1) is 27.8. The van der Waals surface area contributed by atoms with Gasteiger partial charge < -0.3 is 9.47 Å². The number of alkyl halides is 3. The van der Waals surface area contributed by atoms with Crippen molar-refractivity contribution >= 4 is 21.3 Å². The molecule has 5 nitrogen and oxygen atoms in total. The molecule has 0 saturated carbocycles. The lowest BCUT2D eigenvalue weighted by Crippen LogP contribution is -2.26. The lowest BCUT2D eigenvalue weighted by atomic mass is 9.98. The van der Waals surface area contributed by atoms with Crippen molar-refractivity contribution in [3.8, 4) is 11.5 Å². The molecule has 0 aromatic heterocycles. The molecule has 0 radical (unpaired) electrons. The minimum atomic E-state index is -4.56. The predicted octanol–water partition coefficient (Wildman–Crippen LogP) is 7.32. The summed E-state index contributed by atoms with van der Waals surface area (Å²) in [5, 5.41) is 0. The quantitative estimate of drug-likeness (QED) is 0.230. The van der Waals surface area contributed by atoms with Crippen molar-refractivity contribution in [3.05, 3.63) is 126 Å². The largest absolute Gasteiger partial charge is 0.497 e. The van der Waals surface area contributed by atoms with Crippen molar-refractivity contribution in [2.45, 2.75) is 18.0 Å². The van der Waals surface area contributed by atoms with E-state index in [0.29, 0.717) is 28.2 Å². The summed E-state index contributed by atoms with van der Waals surface area (Å²) in [5.41, 5.74) is 1.86. The Bertz CT molecular complexity index is 1500. The molecule has 0 saturated heterocycles. The zero-order valence-corrected chi connectivity index (χ0v) is 22.3. The Morgan fingerprint density at radius 2 is 1.18 bits per heavy atom. The second-order valence-corrected chi connectivity index (χ2v) is 10.5. The monoisotopic (exact) mass is 553 g/mol. The standard InChI is InChI=1S/C30H26F3NO4S/c1-21-4-18-28(19-5-21)39(35,36)34(25-12-10-24(11-13-25)30(31,32)33)20-29(22-6-14-26(37-2)15-7-22)23-8-16-27(38-3)17-9-23/h4-20H,1-3H3. The van der Waals surface area contributed by atoms with E-state index in [9.17, 15) is 21.6 Å². The van der Waals surface area contributed by atoms with Crippen LogP contribution in [0.25, 0.3) is 5.57 Å². The average Bonchev–Trinajstić information content (AvgIpc) is 2.93. The summed E-state index contributed by atoms with van der Waals surface area (Å²) in [7, 11) is -1.15. The van der Waals surface area contributed by atoms with Crippen LogP contribution in [-0.4, -0.2) is 22.6 Å². The number of sulfonamides is 1.